The Morgan fingerprint density at radius 2 is 1.87 bits per heavy atom. The van der Waals surface area contributed by atoms with E-state index in [1.807, 2.05) is 26.0 Å². The predicted molar refractivity (Wildman–Crippen MR) is 94.5 cm³/mol. The molecule has 0 saturated carbocycles. The van der Waals surface area contributed by atoms with Gasteiger partial charge < -0.3 is 10.1 Å². The Hall–Kier alpha value is -2.53. The number of hydrogen-bond donors (Lipinski definition) is 2. The molecule has 0 fully saturated rings. The molecule has 3 aromatic rings. The molecule has 0 amide bonds. The summed E-state index contributed by atoms with van der Waals surface area (Å²) in [6.07, 6.45) is -0.336. The van der Waals surface area contributed by atoms with Crippen molar-refractivity contribution in [3.63, 3.8) is 0 Å². The third kappa shape index (κ3) is 3.01. The summed E-state index contributed by atoms with van der Waals surface area (Å²) in [5.74, 6) is -1.04. The van der Waals surface area contributed by atoms with Crippen molar-refractivity contribution in [3.8, 4) is 11.1 Å². The van der Waals surface area contributed by atoms with E-state index in [0.717, 1.165) is 16.4 Å². The number of carbonyl (C=O) groups is 1. The third-order valence-electron chi connectivity index (χ3n) is 3.73. The van der Waals surface area contributed by atoms with Crippen LogP contribution in [0, 0.1) is 0 Å². The molecule has 114 valence electrons. The van der Waals surface area contributed by atoms with E-state index in [1.54, 1.807) is 24.3 Å². The van der Waals surface area contributed by atoms with Crippen LogP contribution in [0.25, 0.3) is 22.0 Å². The molecule has 23 heavy (non-hydrogen) atoms. The quantitative estimate of drug-likeness (QED) is 0.721. The van der Waals surface area contributed by atoms with Crippen molar-refractivity contribution < 1.29 is 9.90 Å². The number of hydrogen-bond acceptors (Lipinski definition) is 2. The van der Waals surface area contributed by atoms with Crippen LogP contribution in [-0.2, 0) is 11.2 Å². The van der Waals surface area contributed by atoms with Gasteiger partial charge in [-0.2, -0.15) is 0 Å². The summed E-state index contributed by atoms with van der Waals surface area (Å²) < 4.78 is 0. The SMILES string of the molecule is Bc1ccc2[nH]c(=O)c(CC(=O)O)c(-c3ccc(Cl)cc3)c2c1. The van der Waals surface area contributed by atoms with E-state index in [2.05, 4.69) is 4.98 Å². The molecular weight excluding hydrogens is 312 g/mol. The third-order valence-corrected chi connectivity index (χ3v) is 3.98. The summed E-state index contributed by atoms with van der Waals surface area (Å²) in [5.41, 5.74) is 2.99. The number of rotatable bonds is 3. The van der Waals surface area contributed by atoms with E-state index in [-0.39, 0.29) is 17.5 Å². The number of halogens is 1. The van der Waals surface area contributed by atoms with E-state index in [4.69, 9.17) is 16.7 Å². The first-order chi connectivity index (χ1) is 11.0. The number of aromatic nitrogens is 1. The maximum Gasteiger partial charge on any atom is 0.308 e. The van der Waals surface area contributed by atoms with Crippen molar-refractivity contribution in [2.24, 2.45) is 0 Å². The van der Waals surface area contributed by atoms with Crippen molar-refractivity contribution in [2.75, 3.05) is 0 Å². The van der Waals surface area contributed by atoms with E-state index in [1.165, 1.54) is 0 Å². The fourth-order valence-electron chi connectivity index (χ4n) is 2.71. The molecule has 4 nitrogen and oxygen atoms in total. The van der Waals surface area contributed by atoms with Crippen LogP contribution in [0.4, 0.5) is 0 Å². The summed E-state index contributed by atoms with van der Waals surface area (Å²) in [7, 11) is 1.95. The lowest BCUT2D eigenvalue weighted by Gasteiger charge is -2.12. The van der Waals surface area contributed by atoms with Gasteiger partial charge in [0, 0.05) is 27.1 Å². The van der Waals surface area contributed by atoms with Gasteiger partial charge in [-0.1, -0.05) is 41.3 Å². The van der Waals surface area contributed by atoms with Crippen molar-refractivity contribution in [3.05, 3.63) is 63.4 Å². The molecule has 3 rings (SSSR count). The van der Waals surface area contributed by atoms with Crippen LogP contribution in [0.15, 0.2) is 47.3 Å². The Balaban J connectivity index is 2.42. The summed E-state index contributed by atoms with van der Waals surface area (Å²) in [6, 6.07) is 12.7. The molecule has 0 unspecified atom stereocenters. The molecule has 1 aromatic heterocycles. The normalized spacial score (nSPS) is 10.8. The van der Waals surface area contributed by atoms with Crippen LogP contribution in [0.1, 0.15) is 5.56 Å². The van der Waals surface area contributed by atoms with Gasteiger partial charge in [0.25, 0.3) is 5.56 Å². The van der Waals surface area contributed by atoms with Gasteiger partial charge in [-0.3, -0.25) is 9.59 Å². The highest BCUT2D eigenvalue weighted by Gasteiger charge is 2.17. The predicted octanol–water partition coefficient (Wildman–Crippen LogP) is 1.73. The largest absolute Gasteiger partial charge is 0.481 e. The molecule has 6 heteroatoms. The Labute approximate surface area is 138 Å². The maximum atomic E-state index is 12.4. The van der Waals surface area contributed by atoms with Gasteiger partial charge in [-0.05, 0) is 23.8 Å². The van der Waals surface area contributed by atoms with Crippen molar-refractivity contribution in [2.45, 2.75) is 6.42 Å². The first-order valence-corrected chi connectivity index (χ1v) is 7.47. The highest BCUT2D eigenvalue weighted by atomic mass is 35.5. The number of aromatic amines is 1. The summed E-state index contributed by atoms with van der Waals surface area (Å²) in [4.78, 5) is 26.3. The van der Waals surface area contributed by atoms with Crippen LogP contribution < -0.4 is 11.0 Å². The van der Waals surface area contributed by atoms with Crippen molar-refractivity contribution >= 4 is 41.8 Å². The van der Waals surface area contributed by atoms with Crippen LogP contribution >= 0.6 is 11.6 Å². The second-order valence-electron chi connectivity index (χ2n) is 5.43. The molecule has 0 aliphatic rings. The number of pyridine rings is 1. The molecule has 0 aliphatic carbocycles. The molecule has 0 saturated heterocycles. The molecule has 0 atom stereocenters. The van der Waals surface area contributed by atoms with Gasteiger partial charge in [0.2, 0.25) is 0 Å². The number of nitrogens with one attached hydrogen (secondary N) is 1. The fraction of sp³-hybridized carbons (Fsp3) is 0.0588. The molecule has 0 spiro atoms. The summed E-state index contributed by atoms with van der Waals surface area (Å²) in [5, 5.41) is 10.6. The molecule has 2 N–H and O–H groups in total. The number of benzene rings is 2. The molecular formula is C17H13BClNO3. The Bertz CT molecular complexity index is 964. The lowest BCUT2D eigenvalue weighted by molar-refractivity contribution is -0.136. The first-order valence-electron chi connectivity index (χ1n) is 7.09. The highest BCUT2D eigenvalue weighted by molar-refractivity contribution is 6.33. The number of fused-ring (bicyclic) bond motifs is 1. The lowest BCUT2D eigenvalue weighted by atomic mass is 9.89. The minimum absolute atomic E-state index is 0.248. The number of aliphatic carboxylic acids is 1. The zero-order chi connectivity index (χ0) is 16.6. The lowest BCUT2D eigenvalue weighted by Crippen LogP contribution is -2.19. The number of H-pyrrole nitrogens is 1. The average Bonchev–Trinajstić information content (AvgIpc) is 2.49. The molecule has 0 radical (unpaired) electrons. The van der Waals surface area contributed by atoms with Gasteiger partial charge in [-0.25, -0.2) is 0 Å². The maximum absolute atomic E-state index is 12.4. The van der Waals surface area contributed by atoms with Crippen molar-refractivity contribution in [1.82, 2.24) is 4.98 Å². The number of carboxylic acid groups (broad SMARTS) is 1. The van der Waals surface area contributed by atoms with E-state index in [9.17, 15) is 9.59 Å². The molecule has 0 bridgehead atoms. The fourth-order valence-corrected chi connectivity index (χ4v) is 2.84. The van der Waals surface area contributed by atoms with Crippen LogP contribution in [0.2, 0.25) is 5.02 Å². The molecule has 1 heterocycles. The van der Waals surface area contributed by atoms with Crippen LogP contribution in [0.5, 0.6) is 0 Å². The van der Waals surface area contributed by atoms with Crippen molar-refractivity contribution in [1.29, 1.82) is 0 Å². The van der Waals surface area contributed by atoms with Gasteiger partial charge >= 0.3 is 5.97 Å². The highest BCUT2D eigenvalue weighted by Crippen LogP contribution is 2.30. The summed E-state index contributed by atoms with van der Waals surface area (Å²) >= 11 is 5.94. The Morgan fingerprint density at radius 1 is 1.17 bits per heavy atom. The molecule has 2 aromatic carbocycles. The summed E-state index contributed by atoms with van der Waals surface area (Å²) in [6.45, 7) is 0. The number of carboxylic acids is 1. The van der Waals surface area contributed by atoms with Gasteiger partial charge in [0.15, 0.2) is 0 Å². The topological polar surface area (TPSA) is 70.2 Å². The second kappa shape index (κ2) is 5.93. The standard InChI is InChI=1S/C17H13BClNO3/c18-10-3-6-14-12(7-10)16(9-1-4-11(19)5-2-9)13(8-15(21)22)17(23)20-14/h1-7H,8,18H2,(H,20,23)(H,21,22). The minimum atomic E-state index is -1.04. The van der Waals surface area contributed by atoms with Gasteiger partial charge in [0.05, 0.1) is 6.42 Å². The zero-order valence-corrected chi connectivity index (χ0v) is 13.1. The van der Waals surface area contributed by atoms with Gasteiger partial charge in [-0.15, -0.1) is 0 Å². The van der Waals surface area contributed by atoms with E-state index < -0.39 is 5.97 Å². The van der Waals surface area contributed by atoms with Crippen LogP contribution in [0.3, 0.4) is 0 Å². The van der Waals surface area contributed by atoms with E-state index >= 15 is 0 Å². The van der Waals surface area contributed by atoms with E-state index in [0.29, 0.717) is 16.1 Å². The smallest absolute Gasteiger partial charge is 0.308 e. The first kappa shape index (κ1) is 15.4. The Kier molecular flexibility index (Phi) is 3.97. The Morgan fingerprint density at radius 3 is 2.52 bits per heavy atom. The second-order valence-corrected chi connectivity index (χ2v) is 5.87. The average molecular weight is 326 g/mol. The van der Waals surface area contributed by atoms with Gasteiger partial charge in [0.1, 0.15) is 7.85 Å². The zero-order valence-electron chi connectivity index (χ0n) is 12.4. The molecule has 0 aliphatic heterocycles. The minimum Gasteiger partial charge on any atom is -0.481 e. The monoisotopic (exact) mass is 325 g/mol. The van der Waals surface area contributed by atoms with Crippen LogP contribution in [-0.4, -0.2) is 23.9 Å².